The normalized spacial score (nSPS) is 11.9. The molecule has 0 amide bonds. The zero-order valence-electron chi connectivity index (χ0n) is 11.7. The Morgan fingerprint density at radius 3 is 2.05 bits per heavy atom. The minimum Gasteiger partial charge on any atom is -0.369 e. The van der Waals surface area contributed by atoms with Crippen LogP contribution in [0, 0.1) is 6.92 Å². The van der Waals surface area contributed by atoms with Crippen molar-refractivity contribution in [3.63, 3.8) is 0 Å². The van der Waals surface area contributed by atoms with Crippen LogP contribution in [0.2, 0.25) is 0 Å². The molecule has 0 radical (unpaired) electrons. The summed E-state index contributed by atoms with van der Waals surface area (Å²) in [6, 6.07) is 6.46. The van der Waals surface area contributed by atoms with Crippen LogP contribution in [0.1, 0.15) is 19.4 Å². The van der Waals surface area contributed by atoms with Crippen LogP contribution in [0.4, 0.5) is 0 Å². The van der Waals surface area contributed by atoms with E-state index in [4.69, 9.17) is 5.73 Å². The molecule has 0 saturated carbocycles. The Kier molecular flexibility index (Phi) is 7.52. The number of hydrogen-bond donors (Lipinski definition) is 2. The van der Waals surface area contributed by atoms with E-state index in [0.717, 1.165) is 5.56 Å². The van der Waals surface area contributed by atoms with Crippen molar-refractivity contribution in [1.82, 2.24) is 4.72 Å². The zero-order valence-corrected chi connectivity index (χ0v) is 12.5. The minimum atomic E-state index is -3.59. The second-order valence-corrected chi connectivity index (χ2v) is 5.38. The molecule has 3 N–H and O–H groups in total. The lowest BCUT2D eigenvalue weighted by Gasteiger charge is -2.06. The van der Waals surface area contributed by atoms with Crippen molar-refractivity contribution in [3.8, 4) is 0 Å². The van der Waals surface area contributed by atoms with E-state index in [1.165, 1.54) is 19.2 Å². The second-order valence-electron chi connectivity index (χ2n) is 3.69. The fourth-order valence-corrected chi connectivity index (χ4v) is 1.94. The topological polar surface area (TPSA) is 84.5 Å². The smallest absolute Gasteiger partial charge is 0.264 e. The first-order chi connectivity index (χ1) is 8.87. The average Bonchev–Trinajstić information content (AvgIpc) is 2.39. The molecule has 5 nitrogen and oxygen atoms in total. The van der Waals surface area contributed by atoms with Crippen molar-refractivity contribution < 1.29 is 8.42 Å². The first-order valence-corrected chi connectivity index (χ1v) is 7.24. The molecule has 0 spiro atoms. The molecule has 0 bridgehead atoms. The predicted octanol–water partition coefficient (Wildman–Crippen LogP) is 1.80. The van der Waals surface area contributed by atoms with Crippen molar-refractivity contribution in [3.05, 3.63) is 42.0 Å². The Morgan fingerprint density at radius 1 is 1.21 bits per heavy atom. The Bertz CT molecular complexity index is 528. The van der Waals surface area contributed by atoms with Crippen LogP contribution in [-0.2, 0) is 10.0 Å². The van der Waals surface area contributed by atoms with Crippen LogP contribution in [0.25, 0.3) is 0 Å². The third-order valence-electron chi connectivity index (χ3n) is 2.14. The fraction of sp³-hybridized carbons (Fsp3) is 0.308. The molecule has 0 aromatic heterocycles. The molecule has 0 atom stereocenters. The molecule has 1 aromatic carbocycles. The molecule has 0 fully saturated rings. The van der Waals surface area contributed by atoms with Crippen LogP contribution < -0.4 is 10.5 Å². The number of benzene rings is 1. The molecular formula is C13H21N3O2S. The van der Waals surface area contributed by atoms with E-state index in [9.17, 15) is 8.42 Å². The third kappa shape index (κ3) is 6.61. The van der Waals surface area contributed by atoms with E-state index in [1.54, 1.807) is 12.1 Å². The van der Waals surface area contributed by atoms with E-state index < -0.39 is 10.0 Å². The van der Waals surface area contributed by atoms with Gasteiger partial charge < -0.3 is 5.73 Å². The highest BCUT2D eigenvalue weighted by molar-refractivity contribution is 7.90. The van der Waals surface area contributed by atoms with E-state index in [0.29, 0.717) is 0 Å². The summed E-state index contributed by atoms with van der Waals surface area (Å²) in [6.45, 7) is 5.88. The fourth-order valence-electron chi connectivity index (χ4n) is 0.960. The maximum Gasteiger partial charge on any atom is 0.264 e. The van der Waals surface area contributed by atoms with Crippen LogP contribution in [0.3, 0.4) is 0 Å². The summed E-state index contributed by atoms with van der Waals surface area (Å²) >= 11 is 0. The zero-order chi connectivity index (χ0) is 14.9. The summed E-state index contributed by atoms with van der Waals surface area (Å²) in [4.78, 5) is 3.69. The summed E-state index contributed by atoms with van der Waals surface area (Å²) in [5.74, 6) is -0.129. The standard InChI is InChI=1S/C9H13N3O2S.C4H8/c1-7-3-5-8(6-4-7)15(13,14)12-9(10)11-2;1-3-4-2/h3-6H,1-2H3,(H3,10,11,12);3-4H,1-2H3/b;4-3-. The van der Waals surface area contributed by atoms with E-state index in [-0.39, 0.29) is 10.9 Å². The lowest BCUT2D eigenvalue weighted by molar-refractivity contribution is 0.592. The minimum absolute atomic E-state index is 0.129. The lowest BCUT2D eigenvalue weighted by Crippen LogP contribution is -2.36. The van der Waals surface area contributed by atoms with Gasteiger partial charge in [0.2, 0.25) is 5.96 Å². The molecule has 1 rings (SSSR count). The van der Waals surface area contributed by atoms with Gasteiger partial charge in [-0.1, -0.05) is 29.8 Å². The number of aliphatic imine (C=N–C) groups is 1. The van der Waals surface area contributed by atoms with Gasteiger partial charge in [-0.15, -0.1) is 0 Å². The molecule has 0 unspecified atom stereocenters. The highest BCUT2D eigenvalue weighted by Crippen LogP contribution is 2.09. The molecule has 0 saturated heterocycles. The van der Waals surface area contributed by atoms with E-state index in [1.807, 2.05) is 32.9 Å². The highest BCUT2D eigenvalue weighted by atomic mass is 32.2. The van der Waals surface area contributed by atoms with Crippen LogP contribution in [0.5, 0.6) is 0 Å². The SMILES string of the molecule is C/C=C\C.CN=C(N)NS(=O)(=O)c1ccc(C)cc1. The summed E-state index contributed by atoms with van der Waals surface area (Å²) in [6.07, 6.45) is 4.00. The van der Waals surface area contributed by atoms with Gasteiger partial charge in [-0.25, -0.2) is 13.1 Å². The van der Waals surface area contributed by atoms with Crippen molar-refractivity contribution in [2.75, 3.05) is 7.05 Å². The van der Waals surface area contributed by atoms with Crippen LogP contribution in [-0.4, -0.2) is 21.4 Å². The largest absolute Gasteiger partial charge is 0.369 e. The second kappa shape index (κ2) is 8.31. The van der Waals surface area contributed by atoms with Gasteiger partial charge in [0.05, 0.1) is 4.90 Å². The van der Waals surface area contributed by atoms with E-state index >= 15 is 0 Å². The summed E-state index contributed by atoms with van der Waals surface area (Å²) in [5.41, 5.74) is 6.28. The summed E-state index contributed by atoms with van der Waals surface area (Å²) in [7, 11) is -2.18. The van der Waals surface area contributed by atoms with Gasteiger partial charge in [0.25, 0.3) is 10.0 Å². The Labute approximate surface area is 115 Å². The van der Waals surface area contributed by atoms with Gasteiger partial charge in [-0.3, -0.25) is 4.99 Å². The number of hydrogen-bond acceptors (Lipinski definition) is 3. The highest BCUT2D eigenvalue weighted by Gasteiger charge is 2.13. The molecule has 0 aliphatic heterocycles. The molecule has 0 aliphatic carbocycles. The molecule has 6 heteroatoms. The summed E-state index contributed by atoms with van der Waals surface area (Å²) < 4.78 is 25.4. The maximum atomic E-state index is 11.6. The molecule has 1 aromatic rings. The van der Waals surface area contributed by atoms with Crippen molar-refractivity contribution in [2.24, 2.45) is 10.7 Å². The van der Waals surface area contributed by atoms with Gasteiger partial charge in [0.15, 0.2) is 0 Å². The molecular weight excluding hydrogens is 262 g/mol. The quantitative estimate of drug-likeness (QED) is 0.493. The Balaban J connectivity index is 0.000000711. The van der Waals surface area contributed by atoms with Crippen molar-refractivity contribution in [2.45, 2.75) is 25.7 Å². The number of allylic oxidation sites excluding steroid dienone is 2. The van der Waals surface area contributed by atoms with Gasteiger partial charge >= 0.3 is 0 Å². The van der Waals surface area contributed by atoms with E-state index in [2.05, 4.69) is 9.71 Å². The molecule has 106 valence electrons. The van der Waals surface area contributed by atoms with Gasteiger partial charge in [-0.05, 0) is 32.9 Å². The monoisotopic (exact) mass is 283 g/mol. The average molecular weight is 283 g/mol. The maximum absolute atomic E-state index is 11.6. The molecule has 0 aliphatic rings. The number of sulfonamides is 1. The lowest BCUT2D eigenvalue weighted by atomic mass is 10.2. The number of nitrogens with zero attached hydrogens (tertiary/aromatic N) is 1. The number of nitrogens with two attached hydrogens (primary N) is 1. The Hall–Kier alpha value is -1.82. The van der Waals surface area contributed by atoms with Gasteiger partial charge in [0.1, 0.15) is 0 Å². The first-order valence-electron chi connectivity index (χ1n) is 5.76. The Morgan fingerprint density at radius 2 is 1.68 bits per heavy atom. The number of rotatable bonds is 2. The predicted molar refractivity (Wildman–Crippen MR) is 79.5 cm³/mol. The van der Waals surface area contributed by atoms with Gasteiger partial charge in [0, 0.05) is 7.05 Å². The van der Waals surface area contributed by atoms with Crippen LogP contribution in [0.15, 0.2) is 46.3 Å². The third-order valence-corrected chi connectivity index (χ3v) is 3.52. The summed E-state index contributed by atoms with van der Waals surface area (Å²) in [5, 5.41) is 0. The molecule has 19 heavy (non-hydrogen) atoms. The number of aryl methyl sites for hydroxylation is 1. The number of guanidine groups is 1. The van der Waals surface area contributed by atoms with Crippen molar-refractivity contribution in [1.29, 1.82) is 0 Å². The van der Waals surface area contributed by atoms with Crippen LogP contribution >= 0.6 is 0 Å². The van der Waals surface area contributed by atoms with Gasteiger partial charge in [-0.2, -0.15) is 0 Å². The first kappa shape index (κ1) is 17.2. The van der Waals surface area contributed by atoms with Crippen molar-refractivity contribution >= 4 is 16.0 Å². The molecule has 0 heterocycles. The number of nitrogens with one attached hydrogen (secondary N) is 1.